The molecule has 0 aliphatic carbocycles. The quantitative estimate of drug-likeness (QED) is 0.877. The standard InChI is InChI=1S/C14H17F3N2O3/c1-9(18-13(22)19(2)7-6-12(20)21)10-4-3-5-11(8-10)14(15,16)17/h3-5,8-9H,6-7H2,1-2H3,(H,18,22)(H,20,21). The summed E-state index contributed by atoms with van der Waals surface area (Å²) in [6.07, 6.45) is -4.65. The maximum absolute atomic E-state index is 12.6. The van der Waals surface area contributed by atoms with Crippen molar-refractivity contribution in [3.63, 3.8) is 0 Å². The zero-order valence-corrected chi connectivity index (χ0v) is 12.1. The number of benzene rings is 1. The van der Waals surface area contributed by atoms with Gasteiger partial charge in [-0.25, -0.2) is 4.79 Å². The van der Waals surface area contributed by atoms with Gasteiger partial charge in [-0.15, -0.1) is 0 Å². The molecule has 0 bridgehead atoms. The van der Waals surface area contributed by atoms with Crippen LogP contribution in [0, 0.1) is 0 Å². The molecule has 1 aromatic carbocycles. The molecule has 1 rings (SSSR count). The van der Waals surface area contributed by atoms with Crippen LogP contribution in [0.3, 0.4) is 0 Å². The highest BCUT2D eigenvalue weighted by molar-refractivity contribution is 5.75. The summed E-state index contributed by atoms with van der Waals surface area (Å²) in [5.41, 5.74) is -0.472. The molecule has 0 saturated carbocycles. The fourth-order valence-electron chi connectivity index (χ4n) is 1.73. The molecule has 0 saturated heterocycles. The Morgan fingerprint density at radius 1 is 1.36 bits per heavy atom. The maximum Gasteiger partial charge on any atom is 0.416 e. The molecule has 1 aromatic rings. The van der Waals surface area contributed by atoms with Crippen molar-refractivity contribution in [2.45, 2.75) is 25.6 Å². The first kappa shape index (κ1) is 17.8. The van der Waals surface area contributed by atoms with E-state index in [1.54, 1.807) is 6.92 Å². The zero-order valence-electron chi connectivity index (χ0n) is 12.1. The number of urea groups is 1. The Bertz CT molecular complexity index is 546. The van der Waals surface area contributed by atoms with E-state index in [0.717, 1.165) is 17.0 Å². The van der Waals surface area contributed by atoms with Gasteiger partial charge in [-0.05, 0) is 24.6 Å². The van der Waals surface area contributed by atoms with Crippen LogP contribution in [0.4, 0.5) is 18.0 Å². The van der Waals surface area contributed by atoms with Crippen molar-refractivity contribution in [1.29, 1.82) is 0 Å². The topological polar surface area (TPSA) is 69.6 Å². The van der Waals surface area contributed by atoms with Crippen LogP contribution >= 0.6 is 0 Å². The van der Waals surface area contributed by atoms with Gasteiger partial charge in [0.2, 0.25) is 0 Å². The molecule has 0 spiro atoms. The lowest BCUT2D eigenvalue weighted by Gasteiger charge is -2.21. The summed E-state index contributed by atoms with van der Waals surface area (Å²) in [5, 5.41) is 11.1. The van der Waals surface area contributed by atoms with Gasteiger partial charge in [0.1, 0.15) is 0 Å². The molecule has 5 nitrogen and oxygen atoms in total. The van der Waals surface area contributed by atoms with Crippen molar-refractivity contribution in [3.05, 3.63) is 35.4 Å². The van der Waals surface area contributed by atoms with Gasteiger partial charge in [0.05, 0.1) is 18.0 Å². The van der Waals surface area contributed by atoms with Crippen LogP contribution in [0.1, 0.15) is 30.5 Å². The molecule has 8 heteroatoms. The second-order valence-electron chi connectivity index (χ2n) is 4.86. The second kappa shape index (κ2) is 7.15. The third-order valence-corrected chi connectivity index (χ3v) is 3.06. The predicted molar refractivity (Wildman–Crippen MR) is 73.3 cm³/mol. The Hall–Kier alpha value is -2.25. The number of halogens is 3. The summed E-state index contributed by atoms with van der Waals surface area (Å²) in [6, 6.07) is 3.50. The van der Waals surface area contributed by atoms with Gasteiger partial charge >= 0.3 is 18.2 Å². The van der Waals surface area contributed by atoms with Crippen LogP contribution in [-0.4, -0.2) is 35.6 Å². The number of carbonyl (C=O) groups is 2. The molecular weight excluding hydrogens is 301 g/mol. The van der Waals surface area contributed by atoms with Gasteiger partial charge in [-0.2, -0.15) is 13.2 Å². The Balaban J connectivity index is 2.70. The zero-order chi connectivity index (χ0) is 16.9. The number of carboxylic acid groups (broad SMARTS) is 1. The minimum absolute atomic E-state index is 0.0104. The molecule has 22 heavy (non-hydrogen) atoms. The van der Waals surface area contributed by atoms with Crippen LogP contribution in [0.25, 0.3) is 0 Å². The number of nitrogens with zero attached hydrogens (tertiary/aromatic N) is 1. The minimum Gasteiger partial charge on any atom is -0.481 e. The molecule has 0 fully saturated rings. The number of hydrogen-bond acceptors (Lipinski definition) is 2. The molecular formula is C14H17F3N2O3. The molecule has 2 N–H and O–H groups in total. The first-order valence-electron chi connectivity index (χ1n) is 6.52. The summed E-state index contributed by atoms with van der Waals surface area (Å²) in [5.74, 6) is -1.04. The summed E-state index contributed by atoms with van der Waals surface area (Å²) in [4.78, 5) is 23.4. The number of hydrogen-bond donors (Lipinski definition) is 2. The predicted octanol–water partition coefficient (Wildman–Crippen LogP) is 2.88. The molecule has 0 aliphatic heterocycles. The maximum atomic E-state index is 12.6. The van der Waals surface area contributed by atoms with E-state index in [9.17, 15) is 22.8 Å². The number of rotatable bonds is 5. The SMILES string of the molecule is CC(NC(=O)N(C)CCC(=O)O)c1cccc(C(F)(F)F)c1. The van der Waals surface area contributed by atoms with E-state index >= 15 is 0 Å². The summed E-state index contributed by atoms with van der Waals surface area (Å²) < 4.78 is 37.9. The van der Waals surface area contributed by atoms with E-state index in [4.69, 9.17) is 5.11 Å². The van der Waals surface area contributed by atoms with Gasteiger partial charge in [-0.3, -0.25) is 4.79 Å². The van der Waals surface area contributed by atoms with E-state index in [1.165, 1.54) is 19.2 Å². The van der Waals surface area contributed by atoms with Gasteiger partial charge < -0.3 is 15.3 Å². The van der Waals surface area contributed by atoms with Crippen molar-refractivity contribution in [3.8, 4) is 0 Å². The first-order valence-corrected chi connectivity index (χ1v) is 6.52. The first-order chi connectivity index (χ1) is 10.1. The normalized spacial score (nSPS) is 12.6. The van der Waals surface area contributed by atoms with Gasteiger partial charge in [0.15, 0.2) is 0 Å². The van der Waals surface area contributed by atoms with E-state index in [1.807, 2.05) is 0 Å². The Kier molecular flexibility index (Phi) is 5.78. The van der Waals surface area contributed by atoms with Crippen molar-refractivity contribution in [2.24, 2.45) is 0 Å². The average Bonchev–Trinajstić information content (AvgIpc) is 2.43. The molecule has 0 heterocycles. The number of carbonyl (C=O) groups excluding carboxylic acids is 1. The third-order valence-electron chi connectivity index (χ3n) is 3.06. The second-order valence-corrected chi connectivity index (χ2v) is 4.86. The Morgan fingerprint density at radius 2 is 2.00 bits per heavy atom. The molecule has 2 amide bonds. The van der Waals surface area contributed by atoms with E-state index in [0.29, 0.717) is 5.56 Å². The van der Waals surface area contributed by atoms with Gasteiger partial charge in [0.25, 0.3) is 0 Å². The van der Waals surface area contributed by atoms with Crippen molar-refractivity contribution in [2.75, 3.05) is 13.6 Å². The van der Waals surface area contributed by atoms with Crippen LogP contribution in [0.5, 0.6) is 0 Å². The van der Waals surface area contributed by atoms with Crippen molar-refractivity contribution >= 4 is 12.0 Å². The molecule has 1 unspecified atom stereocenters. The fraction of sp³-hybridized carbons (Fsp3) is 0.429. The van der Waals surface area contributed by atoms with E-state index < -0.39 is 29.8 Å². The lowest BCUT2D eigenvalue weighted by Crippen LogP contribution is -2.39. The highest BCUT2D eigenvalue weighted by atomic mass is 19.4. The van der Waals surface area contributed by atoms with E-state index in [2.05, 4.69) is 5.32 Å². The monoisotopic (exact) mass is 318 g/mol. The average molecular weight is 318 g/mol. The van der Waals surface area contributed by atoms with Gasteiger partial charge in [-0.1, -0.05) is 12.1 Å². The molecule has 122 valence electrons. The highest BCUT2D eigenvalue weighted by Gasteiger charge is 2.30. The number of alkyl halides is 3. The summed E-state index contributed by atoms with van der Waals surface area (Å²) in [7, 11) is 1.41. The van der Waals surface area contributed by atoms with E-state index in [-0.39, 0.29) is 13.0 Å². The minimum atomic E-state index is -4.45. The number of aliphatic carboxylic acids is 1. The Morgan fingerprint density at radius 3 is 2.55 bits per heavy atom. The number of carboxylic acids is 1. The van der Waals surface area contributed by atoms with Crippen LogP contribution in [0.15, 0.2) is 24.3 Å². The van der Waals surface area contributed by atoms with Gasteiger partial charge in [0, 0.05) is 13.6 Å². The summed E-state index contributed by atoms with van der Waals surface area (Å²) >= 11 is 0. The molecule has 0 aromatic heterocycles. The van der Waals surface area contributed by atoms with Crippen molar-refractivity contribution in [1.82, 2.24) is 10.2 Å². The molecule has 0 radical (unpaired) electrons. The lowest BCUT2D eigenvalue weighted by atomic mass is 10.1. The largest absolute Gasteiger partial charge is 0.481 e. The highest BCUT2D eigenvalue weighted by Crippen LogP contribution is 2.30. The Labute approximate surface area is 125 Å². The van der Waals surface area contributed by atoms with Crippen molar-refractivity contribution < 1.29 is 27.9 Å². The summed E-state index contributed by atoms with van der Waals surface area (Å²) in [6.45, 7) is 1.56. The van der Waals surface area contributed by atoms with Crippen LogP contribution in [-0.2, 0) is 11.0 Å². The third kappa shape index (κ3) is 5.27. The lowest BCUT2D eigenvalue weighted by molar-refractivity contribution is -0.138. The van der Waals surface area contributed by atoms with Crippen LogP contribution < -0.4 is 5.32 Å². The molecule has 1 atom stereocenters. The van der Waals surface area contributed by atoms with Crippen LogP contribution in [0.2, 0.25) is 0 Å². The number of amides is 2. The molecule has 0 aliphatic rings. The number of nitrogens with one attached hydrogen (secondary N) is 1. The fourth-order valence-corrected chi connectivity index (χ4v) is 1.73. The smallest absolute Gasteiger partial charge is 0.416 e.